The van der Waals surface area contributed by atoms with E-state index in [1.807, 2.05) is 32.0 Å². The summed E-state index contributed by atoms with van der Waals surface area (Å²) in [6.07, 6.45) is -0.944. The van der Waals surface area contributed by atoms with Gasteiger partial charge in [0.15, 0.2) is 11.2 Å². The second-order valence-electron chi connectivity index (χ2n) is 6.90. The van der Waals surface area contributed by atoms with Crippen LogP contribution in [0.3, 0.4) is 0 Å². The molecule has 3 aromatic rings. The molecule has 0 aliphatic heterocycles. The molecule has 10 heteroatoms. The van der Waals surface area contributed by atoms with Gasteiger partial charge in [0.1, 0.15) is 18.5 Å². The van der Waals surface area contributed by atoms with Gasteiger partial charge >= 0.3 is 5.69 Å². The summed E-state index contributed by atoms with van der Waals surface area (Å²) >= 11 is 0. The molecule has 10 nitrogen and oxygen atoms in total. The summed E-state index contributed by atoms with van der Waals surface area (Å²) in [5.41, 5.74) is 1.38. The van der Waals surface area contributed by atoms with Crippen LogP contribution in [-0.2, 0) is 13.6 Å². The minimum Gasteiger partial charge on any atom is -0.491 e. The first-order valence-corrected chi connectivity index (χ1v) is 9.24. The van der Waals surface area contributed by atoms with Crippen LogP contribution in [0.2, 0.25) is 0 Å². The van der Waals surface area contributed by atoms with Crippen molar-refractivity contribution >= 4 is 17.1 Å². The van der Waals surface area contributed by atoms with E-state index in [0.717, 1.165) is 11.1 Å². The zero-order valence-electron chi connectivity index (χ0n) is 16.6. The molecule has 0 fully saturated rings. The highest BCUT2D eigenvalue weighted by molar-refractivity contribution is 5.74. The molecule has 3 rings (SSSR count). The Morgan fingerprint density at radius 1 is 1.28 bits per heavy atom. The Morgan fingerprint density at radius 2 is 2.03 bits per heavy atom. The number of ether oxygens (including phenoxy) is 1. The Bertz CT molecular complexity index is 1130. The van der Waals surface area contributed by atoms with Crippen molar-refractivity contribution < 1.29 is 14.9 Å². The number of nitrogens with zero attached hydrogens (tertiary/aromatic N) is 3. The fraction of sp³-hybridized carbons (Fsp3) is 0.421. The Balaban J connectivity index is 1.87. The van der Waals surface area contributed by atoms with Crippen molar-refractivity contribution in [3.63, 3.8) is 0 Å². The first-order valence-electron chi connectivity index (χ1n) is 9.24. The number of imidazole rings is 1. The molecule has 0 saturated carbocycles. The molecule has 2 heterocycles. The number of nitrogens with one attached hydrogen (secondary N) is 2. The number of hydrogen-bond acceptors (Lipinski definition) is 7. The van der Waals surface area contributed by atoms with Gasteiger partial charge in [-0.25, -0.2) is 4.79 Å². The van der Waals surface area contributed by atoms with Crippen molar-refractivity contribution in [3.8, 4) is 5.75 Å². The van der Waals surface area contributed by atoms with Gasteiger partial charge in [-0.1, -0.05) is 6.07 Å². The topological polar surface area (TPSA) is 134 Å². The molecule has 2 aromatic heterocycles. The lowest BCUT2D eigenvalue weighted by Gasteiger charge is -2.16. The van der Waals surface area contributed by atoms with E-state index in [9.17, 15) is 14.7 Å². The van der Waals surface area contributed by atoms with Crippen LogP contribution in [0, 0.1) is 13.8 Å². The van der Waals surface area contributed by atoms with Crippen molar-refractivity contribution in [3.05, 3.63) is 50.2 Å². The van der Waals surface area contributed by atoms with Crippen LogP contribution < -0.4 is 21.3 Å². The number of aliphatic hydroxyl groups is 2. The van der Waals surface area contributed by atoms with Crippen LogP contribution in [0.25, 0.3) is 11.2 Å². The normalized spacial score (nSPS) is 12.3. The molecule has 0 saturated heterocycles. The van der Waals surface area contributed by atoms with E-state index in [0.29, 0.717) is 5.75 Å². The summed E-state index contributed by atoms with van der Waals surface area (Å²) < 4.78 is 8.37. The molecule has 0 aliphatic rings. The monoisotopic (exact) mass is 403 g/mol. The van der Waals surface area contributed by atoms with Crippen LogP contribution in [0.15, 0.2) is 27.8 Å². The van der Waals surface area contributed by atoms with Gasteiger partial charge in [0, 0.05) is 13.6 Å². The van der Waals surface area contributed by atoms with Crippen molar-refractivity contribution in [1.29, 1.82) is 0 Å². The minimum absolute atomic E-state index is 0.00524. The third kappa shape index (κ3) is 4.33. The number of aromatic amines is 1. The Morgan fingerprint density at radius 3 is 2.72 bits per heavy atom. The standard InChI is InChI=1S/C19H25N5O5/c1-11-4-5-14(8-12(11)2)29-10-13(26)9-24-15-16(21-18(24)20-6-7-25)23(3)19(28)22-17(15)27/h4-5,8,13,25-26H,6-7,9-10H2,1-3H3,(H,20,21)(H,22,27,28)/t13-/m0/s1. The third-order valence-corrected chi connectivity index (χ3v) is 4.72. The van der Waals surface area contributed by atoms with E-state index in [1.54, 1.807) is 0 Å². The maximum Gasteiger partial charge on any atom is 0.329 e. The quantitative estimate of drug-likeness (QED) is 0.412. The van der Waals surface area contributed by atoms with Crippen molar-refractivity contribution in [2.24, 2.45) is 7.05 Å². The molecule has 0 amide bonds. The SMILES string of the molecule is Cc1ccc(OC[C@@H](O)Cn2c(NCCO)nc3c2c(=O)[nH]c(=O)n3C)cc1C. The van der Waals surface area contributed by atoms with Crippen LogP contribution in [0.4, 0.5) is 5.95 Å². The van der Waals surface area contributed by atoms with Crippen molar-refractivity contribution in [2.75, 3.05) is 25.1 Å². The largest absolute Gasteiger partial charge is 0.491 e. The first kappa shape index (κ1) is 20.6. The number of rotatable bonds is 8. The van der Waals surface area contributed by atoms with Crippen LogP contribution >= 0.6 is 0 Å². The lowest BCUT2D eigenvalue weighted by atomic mass is 10.1. The minimum atomic E-state index is -0.944. The highest BCUT2D eigenvalue weighted by atomic mass is 16.5. The lowest BCUT2D eigenvalue weighted by Crippen LogP contribution is -2.31. The number of aliphatic hydroxyl groups excluding tert-OH is 2. The van der Waals surface area contributed by atoms with E-state index in [-0.39, 0.29) is 43.4 Å². The fourth-order valence-electron chi connectivity index (χ4n) is 2.97. The number of aryl methyl sites for hydroxylation is 3. The lowest BCUT2D eigenvalue weighted by molar-refractivity contribution is 0.0938. The van der Waals surface area contributed by atoms with Crippen LogP contribution in [-0.4, -0.2) is 55.2 Å². The number of benzene rings is 1. The van der Waals surface area contributed by atoms with Crippen molar-refractivity contribution in [1.82, 2.24) is 19.1 Å². The molecule has 29 heavy (non-hydrogen) atoms. The average molecular weight is 403 g/mol. The smallest absolute Gasteiger partial charge is 0.329 e. The number of hydrogen-bond donors (Lipinski definition) is 4. The first-order chi connectivity index (χ1) is 13.8. The van der Waals surface area contributed by atoms with Crippen molar-refractivity contribution in [2.45, 2.75) is 26.5 Å². The number of aromatic nitrogens is 4. The molecule has 1 atom stereocenters. The maximum absolute atomic E-state index is 12.4. The van der Waals surface area contributed by atoms with Gasteiger partial charge in [-0.05, 0) is 37.1 Å². The van der Waals surface area contributed by atoms with Gasteiger partial charge in [-0.3, -0.25) is 14.3 Å². The van der Waals surface area contributed by atoms with Gasteiger partial charge in [0.2, 0.25) is 5.95 Å². The molecule has 4 N–H and O–H groups in total. The molecular weight excluding hydrogens is 378 g/mol. The Labute approximate surface area is 166 Å². The summed E-state index contributed by atoms with van der Waals surface area (Å²) in [5, 5.41) is 22.5. The number of H-pyrrole nitrogens is 1. The van der Waals surface area contributed by atoms with Gasteiger partial charge in [0.25, 0.3) is 5.56 Å². The predicted octanol–water partition coefficient (Wildman–Crippen LogP) is -0.116. The van der Waals surface area contributed by atoms with E-state index >= 15 is 0 Å². The summed E-state index contributed by atoms with van der Waals surface area (Å²) in [4.78, 5) is 30.8. The zero-order chi connectivity index (χ0) is 21.1. The van der Waals surface area contributed by atoms with E-state index in [1.165, 1.54) is 16.2 Å². The van der Waals surface area contributed by atoms with E-state index in [2.05, 4.69) is 15.3 Å². The average Bonchev–Trinajstić information content (AvgIpc) is 3.04. The molecule has 0 unspecified atom stereocenters. The molecule has 1 aromatic carbocycles. The highest BCUT2D eigenvalue weighted by Crippen LogP contribution is 2.18. The predicted molar refractivity (Wildman–Crippen MR) is 109 cm³/mol. The van der Waals surface area contributed by atoms with Gasteiger partial charge in [-0.15, -0.1) is 0 Å². The summed E-state index contributed by atoms with van der Waals surface area (Å²) in [7, 11) is 1.49. The summed E-state index contributed by atoms with van der Waals surface area (Å²) in [5.74, 6) is 0.910. The van der Waals surface area contributed by atoms with E-state index in [4.69, 9.17) is 9.84 Å². The zero-order valence-corrected chi connectivity index (χ0v) is 16.6. The van der Waals surface area contributed by atoms with Gasteiger partial charge < -0.3 is 24.8 Å². The second kappa shape index (κ2) is 8.50. The summed E-state index contributed by atoms with van der Waals surface area (Å²) in [6.45, 7) is 4.05. The molecule has 0 bridgehead atoms. The molecular formula is C19H25N5O5. The highest BCUT2D eigenvalue weighted by Gasteiger charge is 2.19. The van der Waals surface area contributed by atoms with Gasteiger partial charge in [-0.2, -0.15) is 4.98 Å². The molecule has 156 valence electrons. The maximum atomic E-state index is 12.4. The van der Waals surface area contributed by atoms with E-state index < -0.39 is 17.4 Å². The Kier molecular flexibility index (Phi) is 6.04. The fourth-order valence-corrected chi connectivity index (χ4v) is 2.97. The number of fused-ring (bicyclic) bond motifs is 1. The number of anilines is 1. The van der Waals surface area contributed by atoms with Crippen LogP contribution in [0.1, 0.15) is 11.1 Å². The molecule has 0 aliphatic carbocycles. The van der Waals surface area contributed by atoms with Gasteiger partial charge in [0.05, 0.1) is 13.2 Å². The molecule has 0 radical (unpaired) electrons. The third-order valence-electron chi connectivity index (χ3n) is 4.72. The second-order valence-corrected chi connectivity index (χ2v) is 6.90. The Hall–Kier alpha value is -3.11. The summed E-state index contributed by atoms with van der Waals surface area (Å²) in [6, 6.07) is 5.66. The van der Waals surface area contributed by atoms with Crippen LogP contribution in [0.5, 0.6) is 5.75 Å². The molecule has 0 spiro atoms.